The molecule has 2 aromatic rings. The van der Waals surface area contributed by atoms with Crippen LogP contribution in [0.5, 0.6) is 0 Å². The van der Waals surface area contributed by atoms with E-state index in [0.29, 0.717) is 17.0 Å². The molecule has 4 nitrogen and oxygen atoms in total. The maximum absolute atomic E-state index is 15.6. The third-order valence-corrected chi connectivity index (χ3v) is 6.98. The Balaban J connectivity index is 2.34. The van der Waals surface area contributed by atoms with E-state index in [4.69, 9.17) is 33.7 Å². The van der Waals surface area contributed by atoms with Gasteiger partial charge in [-0.1, -0.05) is 62.2 Å². The molecule has 4 atom stereocenters. The van der Waals surface area contributed by atoms with Crippen LogP contribution in [0.25, 0.3) is 0 Å². The summed E-state index contributed by atoms with van der Waals surface area (Å²) in [6.07, 6.45) is 0.532. The zero-order chi connectivity index (χ0) is 26.3. The number of carbonyl (C=O) groups is 1. The van der Waals surface area contributed by atoms with Gasteiger partial charge < -0.3 is 15.8 Å². The normalized spacial score (nSPS) is 25.1. The molecule has 0 unspecified atom stereocenters. The van der Waals surface area contributed by atoms with Gasteiger partial charge in [0, 0.05) is 34.5 Å². The van der Waals surface area contributed by atoms with E-state index in [0.717, 1.165) is 0 Å². The van der Waals surface area contributed by atoms with Gasteiger partial charge in [0.05, 0.1) is 5.02 Å². The maximum Gasteiger partial charge on any atom is 0.324 e. The summed E-state index contributed by atoms with van der Waals surface area (Å²) < 4.78 is 36.2. The number of hydrogen-bond acceptors (Lipinski definition) is 4. The van der Waals surface area contributed by atoms with Crippen molar-refractivity contribution in [2.24, 2.45) is 11.1 Å². The van der Waals surface area contributed by atoms with Gasteiger partial charge in [-0.3, -0.25) is 4.79 Å². The van der Waals surface area contributed by atoms with E-state index in [9.17, 15) is 9.18 Å². The summed E-state index contributed by atoms with van der Waals surface area (Å²) in [7, 11) is 0. The molecule has 0 aromatic heterocycles. The molecule has 1 fully saturated rings. The van der Waals surface area contributed by atoms with Crippen molar-refractivity contribution in [3.63, 3.8) is 0 Å². The molecule has 0 spiro atoms. The molecule has 0 saturated carbocycles. The van der Waals surface area contributed by atoms with Crippen LogP contribution in [0.3, 0.4) is 0 Å². The van der Waals surface area contributed by atoms with Gasteiger partial charge >= 0.3 is 5.97 Å². The number of hydrogen-bond donors (Lipinski definition) is 2. The Labute approximate surface area is 216 Å². The van der Waals surface area contributed by atoms with Crippen molar-refractivity contribution in [3.8, 4) is 0 Å². The molecule has 35 heavy (non-hydrogen) atoms. The molecule has 0 amide bonds. The molecule has 192 valence electrons. The van der Waals surface area contributed by atoms with Crippen molar-refractivity contribution in [3.05, 3.63) is 69.2 Å². The largest absolute Gasteiger partial charge is 0.459 e. The lowest BCUT2D eigenvalue weighted by molar-refractivity contribution is -0.157. The SMILES string of the molecule is CC(C)(C)C[C@@H]1N[C@@H](C(=O)OC(C)(C)C)[C@H](c2cccc(Cl)c2)[C@@]1(CN)c1ccc(Cl)c(F)c1F. The van der Waals surface area contributed by atoms with E-state index in [1.165, 1.54) is 12.1 Å². The quantitative estimate of drug-likeness (QED) is 0.350. The second kappa shape index (κ2) is 9.97. The highest BCUT2D eigenvalue weighted by Gasteiger charge is 2.60. The number of rotatable bonds is 5. The number of esters is 1. The summed E-state index contributed by atoms with van der Waals surface area (Å²) in [5.74, 6) is -3.40. The number of halogens is 4. The Morgan fingerprint density at radius 2 is 1.74 bits per heavy atom. The molecule has 1 aliphatic rings. The first-order valence-corrected chi connectivity index (χ1v) is 12.4. The molecule has 3 N–H and O–H groups in total. The Morgan fingerprint density at radius 1 is 1.09 bits per heavy atom. The van der Waals surface area contributed by atoms with E-state index in [2.05, 4.69) is 5.32 Å². The number of nitrogens with one attached hydrogen (secondary N) is 1. The van der Waals surface area contributed by atoms with Crippen LogP contribution in [-0.2, 0) is 14.9 Å². The predicted octanol–water partition coefficient (Wildman–Crippen LogP) is 6.37. The highest BCUT2D eigenvalue weighted by Crippen LogP contribution is 2.52. The summed E-state index contributed by atoms with van der Waals surface area (Å²) >= 11 is 12.2. The summed E-state index contributed by atoms with van der Waals surface area (Å²) in [6.45, 7) is 11.4. The number of nitrogens with two attached hydrogens (primary N) is 1. The molecule has 2 aromatic carbocycles. The summed E-state index contributed by atoms with van der Waals surface area (Å²) in [4.78, 5) is 13.5. The first-order valence-electron chi connectivity index (χ1n) is 11.7. The number of ether oxygens (including phenoxy) is 1. The number of carbonyl (C=O) groups excluding carboxylic acids is 1. The van der Waals surface area contributed by atoms with Crippen LogP contribution in [0.15, 0.2) is 36.4 Å². The van der Waals surface area contributed by atoms with Gasteiger partial charge in [0.1, 0.15) is 11.6 Å². The topological polar surface area (TPSA) is 64.3 Å². The lowest BCUT2D eigenvalue weighted by atomic mass is 9.62. The van der Waals surface area contributed by atoms with Gasteiger partial charge in [-0.15, -0.1) is 0 Å². The van der Waals surface area contributed by atoms with Gasteiger partial charge in [0.2, 0.25) is 0 Å². The maximum atomic E-state index is 15.6. The van der Waals surface area contributed by atoms with Gasteiger partial charge in [-0.2, -0.15) is 0 Å². The van der Waals surface area contributed by atoms with Crippen molar-refractivity contribution in [2.75, 3.05) is 6.54 Å². The zero-order valence-electron chi connectivity index (χ0n) is 21.0. The first kappa shape index (κ1) is 27.9. The fraction of sp³-hybridized carbons (Fsp3) is 0.519. The second-order valence-electron chi connectivity index (χ2n) is 11.5. The molecule has 1 heterocycles. The molecular weight excluding hydrogens is 493 g/mol. The summed E-state index contributed by atoms with van der Waals surface area (Å²) in [5, 5.41) is 3.56. The van der Waals surface area contributed by atoms with Crippen LogP contribution in [0.4, 0.5) is 8.78 Å². The van der Waals surface area contributed by atoms with E-state index in [-0.39, 0.29) is 22.5 Å². The molecular formula is C27H34Cl2F2N2O2. The van der Waals surface area contributed by atoms with Gasteiger partial charge in [0.25, 0.3) is 0 Å². The van der Waals surface area contributed by atoms with E-state index >= 15 is 4.39 Å². The van der Waals surface area contributed by atoms with E-state index in [1.807, 2.05) is 26.8 Å². The van der Waals surface area contributed by atoms with Crippen LogP contribution in [0, 0.1) is 17.0 Å². The number of benzene rings is 2. The third-order valence-electron chi connectivity index (χ3n) is 6.45. The van der Waals surface area contributed by atoms with Gasteiger partial charge in [-0.25, -0.2) is 8.78 Å². The van der Waals surface area contributed by atoms with Crippen molar-refractivity contribution in [1.82, 2.24) is 5.32 Å². The molecule has 1 aliphatic heterocycles. The van der Waals surface area contributed by atoms with Crippen molar-refractivity contribution >= 4 is 29.2 Å². The zero-order valence-corrected chi connectivity index (χ0v) is 22.5. The molecule has 1 saturated heterocycles. The van der Waals surface area contributed by atoms with Crippen LogP contribution in [0.1, 0.15) is 65.0 Å². The van der Waals surface area contributed by atoms with E-state index < -0.39 is 46.6 Å². The minimum Gasteiger partial charge on any atom is -0.459 e. The standard InChI is InChI=1S/C27H34Cl2F2N2O2/c1-25(2,3)13-19-27(14-32,17-10-11-18(29)22(31)21(17)30)20(15-8-7-9-16(28)12-15)23(33-19)24(34)35-26(4,5)6/h7-12,19-20,23,33H,13-14,32H2,1-6H3/t19-,20-,23+,27-/m0/s1. The van der Waals surface area contributed by atoms with Gasteiger partial charge in [-0.05, 0) is 56.4 Å². The molecule has 8 heteroatoms. The lowest BCUT2D eigenvalue weighted by Gasteiger charge is -2.42. The Kier molecular flexibility index (Phi) is 7.93. The third kappa shape index (κ3) is 5.66. The fourth-order valence-electron chi connectivity index (χ4n) is 5.21. The smallest absolute Gasteiger partial charge is 0.324 e. The monoisotopic (exact) mass is 526 g/mol. The minimum absolute atomic E-state index is 0.0603. The first-order chi connectivity index (χ1) is 16.1. The molecule has 0 bridgehead atoms. The van der Waals surface area contributed by atoms with Crippen LogP contribution in [0.2, 0.25) is 10.0 Å². The average molecular weight is 527 g/mol. The summed E-state index contributed by atoms with van der Waals surface area (Å²) in [5.41, 5.74) is 5.06. The Bertz CT molecular complexity index is 1100. The van der Waals surface area contributed by atoms with Crippen LogP contribution < -0.4 is 11.1 Å². The average Bonchev–Trinajstić information content (AvgIpc) is 3.04. The fourth-order valence-corrected chi connectivity index (χ4v) is 5.55. The molecule has 3 rings (SSSR count). The van der Waals surface area contributed by atoms with E-state index in [1.54, 1.807) is 39.0 Å². The Hall–Kier alpha value is -1.73. The molecule has 0 radical (unpaired) electrons. The molecule has 0 aliphatic carbocycles. The van der Waals surface area contributed by atoms with Crippen molar-refractivity contribution in [1.29, 1.82) is 0 Å². The van der Waals surface area contributed by atoms with Crippen molar-refractivity contribution in [2.45, 2.75) is 77.0 Å². The highest BCUT2D eigenvalue weighted by atomic mass is 35.5. The van der Waals surface area contributed by atoms with Crippen molar-refractivity contribution < 1.29 is 18.3 Å². The van der Waals surface area contributed by atoms with Gasteiger partial charge in [0.15, 0.2) is 11.6 Å². The highest BCUT2D eigenvalue weighted by molar-refractivity contribution is 6.31. The minimum atomic E-state index is -1.20. The second-order valence-corrected chi connectivity index (χ2v) is 12.3. The Morgan fingerprint density at radius 3 is 2.29 bits per heavy atom. The van der Waals surface area contributed by atoms with Crippen LogP contribution >= 0.6 is 23.2 Å². The lowest BCUT2D eigenvalue weighted by Crippen LogP contribution is -2.50. The van der Waals surface area contributed by atoms with Crippen LogP contribution in [-0.4, -0.2) is 30.2 Å². The predicted molar refractivity (Wildman–Crippen MR) is 137 cm³/mol. The summed E-state index contributed by atoms with van der Waals surface area (Å²) in [6, 6.07) is 8.49.